The minimum Gasteiger partial charge on any atom is -0.394 e. The number of hydrogen-bond acceptors (Lipinski definition) is 2. The molecule has 0 aliphatic carbocycles. The number of hydrogen-bond donors (Lipinski definition) is 1. The predicted octanol–water partition coefficient (Wildman–Crippen LogP) is -0.222. The Hall–Kier alpha value is 0.715. The molecule has 0 saturated carbocycles. The minimum absolute atomic E-state index is 0.104. The van der Waals surface area contributed by atoms with Crippen LogP contribution in [-0.4, -0.2) is 36.1 Å². The van der Waals surface area contributed by atoms with E-state index in [2.05, 4.69) is 30.4 Å². The number of rotatable bonds is 2. The van der Waals surface area contributed by atoms with Gasteiger partial charge in [-0.2, -0.15) is 0 Å². The molecule has 1 saturated heterocycles. The quantitative estimate of drug-likeness (QED) is 0.419. The first-order chi connectivity index (χ1) is 4.77. The summed E-state index contributed by atoms with van der Waals surface area (Å²) in [6.45, 7) is 0.179. The molecule has 4 heteroatoms. The zero-order valence-corrected chi connectivity index (χ0v) is 8.24. The van der Waals surface area contributed by atoms with Gasteiger partial charge in [0.25, 0.3) is 0 Å². The molecule has 0 aromatic rings. The first-order valence-electron chi connectivity index (χ1n) is 3.60. The van der Waals surface area contributed by atoms with E-state index in [1.165, 1.54) is 0 Å². The number of alkyl halides is 1. The predicted molar refractivity (Wildman–Crippen MR) is 51.3 cm³/mol. The third kappa shape index (κ3) is 1.86. The van der Waals surface area contributed by atoms with Crippen LogP contribution < -0.4 is 0 Å². The summed E-state index contributed by atoms with van der Waals surface area (Å²) in [4.78, 5) is 0. The van der Waals surface area contributed by atoms with Gasteiger partial charge in [0.2, 0.25) is 0 Å². The molecule has 0 spiro atoms. The van der Waals surface area contributed by atoms with Gasteiger partial charge in [0.15, 0.2) is 0 Å². The molecule has 1 aliphatic rings. The lowest BCUT2D eigenvalue weighted by Gasteiger charge is -2.12. The van der Waals surface area contributed by atoms with Gasteiger partial charge in [-0.1, -0.05) is 22.6 Å². The number of aliphatic hydroxyl groups is 1. The molecule has 1 aliphatic heterocycles. The monoisotopic (exact) mass is 254 g/mol. The Balaban J connectivity index is 2.41. The van der Waals surface area contributed by atoms with E-state index in [9.17, 15) is 0 Å². The second-order valence-corrected chi connectivity index (χ2v) is 3.70. The number of halogens is 1. The first-order valence-corrected chi connectivity index (χ1v) is 5.12. The van der Waals surface area contributed by atoms with Crippen molar-refractivity contribution in [1.29, 1.82) is 0 Å². The molecule has 1 N–H and O–H groups in total. The molecule has 10 heavy (non-hydrogen) atoms. The van der Waals surface area contributed by atoms with E-state index in [-0.39, 0.29) is 12.7 Å². The van der Waals surface area contributed by atoms with Crippen LogP contribution in [-0.2, 0) is 4.74 Å². The summed E-state index contributed by atoms with van der Waals surface area (Å²) in [5.74, 6) is 0.570. The summed E-state index contributed by atoms with van der Waals surface area (Å²) < 4.78 is 6.55. The lowest BCUT2D eigenvalue weighted by molar-refractivity contribution is 0.0304. The largest absolute Gasteiger partial charge is 0.394 e. The maximum atomic E-state index is 8.86. The molecule has 1 rings (SSSR count). The zero-order chi connectivity index (χ0) is 7.56. The molecular formula is C6H12BIO2. The molecule has 0 aromatic carbocycles. The van der Waals surface area contributed by atoms with E-state index >= 15 is 0 Å². The summed E-state index contributed by atoms with van der Waals surface area (Å²) >= 11 is 2.35. The highest BCUT2D eigenvalue weighted by molar-refractivity contribution is 14.1. The average molecular weight is 254 g/mol. The van der Waals surface area contributed by atoms with Crippen LogP contribution in [0.5, 0.6) is 0 Å². The fourth-order valence-corrected chi connectivity index (χ4v) is 2.32. The van der Waals surface area contributed by atoms with Crippen LogP contribution in [0.1, 0.15) is 6.42 Å². The van der Waals surface area contributed by atoms with Crippen molar-refractivity contribution in [2.24, 2.45) is 5.92 Å². The molecular weight excluding hydrogens is 242 g/mol. The number of ether oxygens (including phenoxy) is 1. The van der Waals surface area contributed by atoms with E-state index in [1.54, 1.807) is 0 Å². The molecule has 0 radical (unpaired) electrons. The Bertz CT molecular complexity index is 99.9. The van der Waals surface area contributed by atoms with Gasteiger partial charge in [-0.15, -0.1) is 0 Å². The highest BCUT2D eigenvalue weighted by atomic mass is 127. The highest BCUT2D eigenvalue weighted by Crippen LogP contribution is 2.26. The molecule has 0 amide bonds. The van der Waals surface area contributed by atoms with Crippen LogP contribution in [0.25, 0.3) is 0 Å². The van der Waals surface area contributed by atoms with E-state index < -0.39 is 0 Å². The van der Waals surface area contributed by atoms with Gasteiger partial charge in [0.1, 0.15) is 7.85 Å². The smallest absolute Gasteiger partial charge is 0.139 e. The third-order valence-electron chi connectivity index (χ3n) is 1.95. The number of aliphatic hydroxyl groups excluding tert-OH is 1. The Kier molecular flexibility index (Phi) is 3.46. The normalized spacial score (nSPS) is 40.4. The van der Waals surface area contributed by atoms with Crippen molar-refractivity contribution in [1.82, 2.24) is 0 Å². The maximum Gasteiger partial charge on any atom is 0.139 e. The molecule has 58 valence electrons. The van der Waals surface area contributed by atoms with Crippen molar-refractivity contribution in [3.05, 3.63) is 0 Å². The topological polar surface area (TPSA) is 29.5 Å². The summed E-state index contributed by atoms with van der Waals surface area (Å²) in [6.07, 6.45) is 1.21. The van der Waals surface area contributed by atoms with E-state index in [0.717, 1.165) is 10.8 Å². The fraction of sp³-hybridized carbons (Fsp3) is 1.00. The van der Waals surface area contributed by atoms with Crippen molar-refractivity contribution < 1.29 is 9.84 Å². The Morgan fingerprint density at radius 1 is 1.70 bits per heavy atom. The van der Waals surface area contributed by atoms with Gasteiger partial charge >= 0.3 is 0 Å². The van der Waals surface area contributed by atoms with Crippen molar-refractivity contribution in [3.63, 3.8) is 0 Å². The second kappa shape index (κ2) is 3.92. The lowest BCUT2D eigenvalue weighted by Crippen LogP contribution is -2.21. The van der Waals surface area contributed by atoms with Crippen LogP contribution in [0, 0.1) is 5.92 Å². The Morgan fingerprint density at radius 3 is 2.80 bits per heavy atom. The van der Waals surface area contributed by atoms with Crippen LogP contribution in [0.2, 0.25) is 0 Å². The summed E-state index contributed by atoms with van der Waals surface area (Å²) in [7, 11) is 2.06. The van der Waals surface area contributed by atoms with Crippen molar-refractivity contribution in [2.75, 3.05) is 11.0 Å². The van der Waals surface area contributed by atoms with Crippen LogP contribution in [0.4, 0.5) is 0 Å². The van der Waals surface area contributed by atoms with Gasteiger partial charge in [0.05, 0.1) is 12.7 Å². The van der Waals surface area contributed by atoms with Crippen LogP contribution >= 0.6 is 22.6 Å². The lowest BCUT2D eigenvalue weighted by atomic mass is 9.92. The minimum atomic E-state index is 0.104. The van der Waals surface area contributed by atoms with Gasteiger partial charge in [-0.25, -0.2) is 0 Å². The summed E-state index contributed by atoms with van der Waals surface area (Å²) in [5.41, 5.74) is 0. The summed E-state index contributed by atoms with van der Waals surface area (Å²) in [6, 6.07) is 0.344. The molecule has 1 heterocycles. The van der Waals surface area contributed by atoms with E-state index in [4.69, 9.17) is 9.84 Å². The van der Waals surface area contributed by atoms with Crippen molar-refractivity contribution in [3.8, 4) is 0 Å². The standard InChI is InChI=1S/C6H12BIO2/c7-6-1-4(2-8)5(3-9)10-6/h4-6,9H,1-3,7H2/t4?,5-,6-/m1/s1. The van der Waals surface area contributed by atoms with Gasteiger partial charge in [0, 0.05) is 10.4 Å². The summed E-state index contributed by atoms with van der Waals surface area (Å²) in [5, 5.41) is 8.86. The van der Waals surface area contributed by atoms with Gasteiger partial charge < -0.3 is 9.84 Å². The molecule has 0 bridgehead atoms. The Labute approximate surface area is 75.9 Å². The average Bonchev–Trinajstić information content (AvgIpc) is 2.30. The van der Waals surface area contributed by atoms with E-state index in [0.29, 0.717) is 11.9 Å². The fourth-order valence-electron chi connectivity index (χ4n) is 1.40. The second-order valence-electron chi connectivity index (χ2n) is 2.82. The van der Waals surface area contributed by atoms with Crippen LogP contribution in [0.15, 0.2) is 0 Å². The first kappa shape index (κ1) is 8.81. The third-order valence-corrected chi connectivity index (χ3v) is 3.08. The highest BCUT2D eigenvalue weighted by Gasteiger charge is 2.30. The SMILES string of the molecule is B[C@H]1CC(CI)[C@@H](CO)O1. The van der Waals surface area contributed by atoms with Gasteiger partial charge in [-0.05, 0) is 12.3 Å². The molecule has 1 fully saturated rings. The molecule has 0 aromatic heterocycles. The van der Waals surface area contributed by atoms with Crippen molar-refractivity contribution >= 4 is 30.4 Å². The maximum absolute atomic E-state index is 8.86. The van der Waals surface area contributed by atoms with Gasteiger partial charge in [-0.3, -0.25) is 0 Å². The Morgan fingerprint density at radius 2 is 2.40 bits per heavy atom. The zero-order valence-electron chi connectivity index (χ0n) is 6.09. The molecule has 2 nitrogen and oxygen atoms in total. The van der Waals surface area contributed by atoms with Crippen molar-refractivity contribution in [2.45, 2.75) is 18.5 Å². The molecule has 3 atom stereocenters. The van der Waals surface area contributed by atoms with Crippen LogP contribution in [0.3, 0.4) is 0 Å². The molecule has 1 unspecified atom stereocenters. The van der Waals surface area contributed by atoms with E-state index in [1.807, 2.05) is 0 Å².